The lowest BCUT2D eigenvalue weighted by Gasteiger charge is -1.99. The van der Waals surface area contributed by atoms with Crippen molar-refractivity contribution in [2.75, 3.05) is 0 Å². The lowest BCUT2D eigenvalue weighted by molar-refractivity contribution is -0.583. The molecule has 0 amide bonds. The highest BCUT2D eigenvalue weighted by Gasteiger charge is 2.15. The van der Waals surface area contributed by atoms with Gasteiger partial charge in [-0.15, -0.1) is 4.73 Å². The van der Waals surface area contributed by atoms with E-state index in [2.05, 4.69) is 6.92 Å². The summed E-state index contributed by atoms with van der Waals surface area (Å²) in [6.07, 6.45) is 4.66. The lowest BCUT2D eigenvalue weighted by Crippen LogP contribution is -2.25. The molecular formula is C15H15NO2. The van der Waals surface area contributed by atoms with Crippen LogP contribution in [-0.4, -0.2) is 0 Å². The first-order valence-corrected chi connectivity index (χ1v) is 6.33. The number of unbranched alkanes of at least 4 members (excludes halogenated alkanes) is 1. The van der Waals surface area contributed by atoms with Gasteiger partial charge in [-0.1, -0.05) is 31.5 Å². The Morgan fingerprint density at radius 2 is 2.06 bits per heavy atom. The number of pyridine rings is 1. The van der Waals surface area contributed by atoms with Crippen LogP contribution in [0.1, 0.15) is 25.5 Å². The van der Waals surface area contributed by atoms with E-state index in [4.69, 9.17) is 4.42 Å². The molecule has 0 N–H and O–H groups in total. The second-order valence-electron chi connectivity index (χ2n) is 4.58. The quantitative estimate of drug-likeness (QED) is 0.519. The van der Waals surface area contributed by atoms with Gasteiger partial charge in [0.05, 0.1) is 5.39 Å². The van der Waals surface area contributed by atoms with E-state index in [1.165, 1.54) is 0 Å². The maximum absolute atomic E-state index is 11.9. The predicted octanol–water partition coefficient (Wildman–Crippen LogP) is 3.56. The molecule has 0 aliphatic rings. The van der Waals surface area contributed by atoms with Crippen LogP contribution in [-0.2, 0) is 6.42 Å². The van der Waals surface area contributed by atoms with E-state index in [-0.39, 0.29) is 0 Å². The molecule has 92 valence electrons. The van der Waals surface area contributed by atoms with Crippen molar-refractivity contribution in [2.24, 2.45) is 0 Å². The highest BCUT2D eigenvalue weighted by atomic mass is 16.5. The number of nitrogens with zero attached hydrogens (tertiary/aromatic N) is 1. The zero-order valence-electron chi connectivity index (χ0n) is 10.3. The van der Waals surface area contributed by atoms with E-state index in [1.54, 1.807) is 6.20 Å². The summed E-state index contributed by atoms with van der Waals surface area (Å²) in [5, 5.41) is 14.8. The van der Waals surface area contributed by atoms with Crippen molar-refractivity contribution in [3.8, 4) is 0 Å². The fourth-order valence-corrected chi connectivity index (χ4v) is 2.30. The summed E-state index contributed by atoms with van der Waals surface area (Å²) in [5.74, 6) is 0.896. The minimum absolute atomic E-state index is 0.416. The average molecular weight is 241 g/mol. The van der Waals surface area contributed by atoms with Crippen molar-refractivity contribution < 1.29 is 9.15 Å². The first-order chi connectivity index (χ1) is 8.79. The number of aromatic nitrogens is 1. The van der Waals surface area contributed by atoms with E-state index in [0.717, 1.165) is 45.9 Å². The molecule has 3 heteroatoms. The first-order valence-electron chi connectivity index (χ1n) is 6.33. The smallest absolute Gasteiger partial charge is 0.392 e. The predicted molar refractivity (Wildman–Crippen MR) is 71.3 cm³/mol. The van der Waals surface area contributed by atoms with E-state index in [1.807, 2.05) is 30.3 Å². The van der Waals surface area contributed by atoms with Gasteiger partial charge in [0.1, 0.15) is 5.76 Å². The summed E-state index contributed by atoms with van der Waals surface area (Å²) in [6.45, 7) is 2.14. The molecule has 2 heterocycles. The van der Waals surface area contributed by atoms with Gasteiger partial charge in [0, 0.05) is 17.2 Å². The highest BCUT2D eigenvalue weighted by molar-refractivity contribution is 6.02. The van der Waals surface area contributed by atoms with Gasteiger partial charge >= 0.3 is 5.71 Å². The summed E-state index contributed by atoms with van der Waals surface area (Å²) in [5.41, 5.74) is 0.416. The molecule has 2 aromatic heterocycles. The second-order valence-corrected chi connectivity index (χ2v) is 4.58. The van der Waals surface area contributed by atoms with Crippen molar-refractivity contribution in [3.63, 3.8) is 0 Å². The molecule has 0 aliphatic carbocycles. The van der Waals surface area contributed by atoms with Gasteiger partial charge < -0.3 is 9.62 Å². The Morgan fingerprint density at radius 1 is 1.22 bits per heavy atom. The van der Waals surface area contributed by atoms with Crippen molar-refractivity contribution in [1.82, 2.24) is 0 Å². The SMILES string of the molecule is CCCCc1cc2c3ccccc3c[n+]([O-])c2o1. The van der Waals surface area contributed by atoms with Gasteiger partial charge in [-0.2, -0.15) is 0 Å². The third-order valence-electron chi connectivity index (χ3n) is 3.25. The average Bonchev–Trinajstić information content (AvgIpc) is 2.81. The molecule has 0 radical (unpaired) electrons. The Morgan fingerprint density at radius 3 is 2.89 bits per heavy atom. The Hall–Kier alpha value is -2.03. The molecular weight excluding hydrogens is 226 g/mol. The molecule has 1 aromatic carbocycles. The summed E-state index contributed by atoms with van der Waals surface area (Å²) < 4.78 is 6.49. The highest BCUT2D eigenvalue weighted by Crippen LogP contribution is 2.25. The summed E-state index contributed by atoms with van der Waals surface area (Å²) in [6, 6.07) is 9.89. The van der Waals surface area contributed by atoms with E-state index in [0.29, 0.717) is 5.71 Å². The second kappa shape index (κ2) is 4.33. The van der Waals surface area contributed by atoms with E-state index < -0.39 is 0 Å². The van der Waals surface area contributed by atoms with Crippen LogP contribution in [0.3, 0.4) is 0 Å². The van der Waals surface area contributed by atoms with Gasteiger partial charge in [0.15, 0.2) is 6.20 Å². The molecule has 0 saturated heterocycles. The monoisotopic (exact) mass is 241 g/mol. The molecule has 3 nitrogen and oxygen atoms in total. The zero-order valence-corrected chi connectivity index (χ0v) is 10.3. The van der Waals surface area contributed by atoms with Gasteiger partial charge in [0.25, 0.3) is 0 Å². The summed E-state index contributed by atoms with van der Waals surface area (Å²) >= 11 is 0. The molecule has 0 fully saturated rings. The molecule has 0 bridgehead atoms. The van der Waals surface area contributed by atoms with Gasteiger partial charge in [-0.3, -0.25) is 0 Å². The number of rotatable bonds is 3. The fraction of sp³-hybridized carbons (Fsp3) is 0.267. The van der Waals surface area contributed by atoms with Crippen LogP contribution in [0.5, 0.6) is 0 Å². The zero-order chi connectivity index (χ0) is 12.5. The standard InChI is InChI=1S/C15H15NO2/c1-2-3-7-12-9-14-13-8-5-4-6-11(13)10-16(17)15(14)18-12/h4-6,8-10H,2-3,7H2,1H3. The minimum atomic E-state index is 0.416. The first kappa shape index (κ1) is 11.1. The molecule has 3 aromatic rings. The Bertz CT molecular complexity index is 700. The van der Waals surface area contributed by atoms with Crippen LogP contribution >= 0.6 is 0 Å². The van der Waals surface area contributed by atoms with Crippen molar-refractivity contribution >= 4 is 21.9 Å². The molecule has 0 aliphatic heterocycles. The van der Waals surface area contributed by atoms with Crippen LogP contribution < -0.4 is 4.73 Å². The molecule has 18 heavy (non-hydrogen) atoms. The fourth-order valence-electron chi connectivity index (χ4n) is 2.30. The number of aryl methyl sites for hydroxylation is 1. The van der Waals surface area contributed by atoms with E-state index >= 15 is 0 Å². The third kappa shape index (κ3) is 1.72. The van der Waals surface area contributed by atoms with E-state index in [9.17, 15) is 5.21 Å². The number of furan rings is 1. The molecule has 0 atom stereocenters. The third-order valence-corrected chi connectivity index (χ3v) is 3.25. The summed E-state index contributed by atoms with van der Waals surface area (Å²) in [7, 11) is 0. The maximum Gasteiger partial charge on any atom is 0.392 e. The number of hydrogen-bond donors (Lipinski definition) is 0. The summed E-state index contributed by atoms with van der Waals surface area (Å²) in [4.78, 5) is 0. The van der Waals surface area contributed by atoms with Gasteiger partial charge in [-0.05, 0) is 18.6 Å². The normalized spacial score (nSPS) is 11.4. The maximum atomic E-state index is 11.9. The number of hydrogen-bond acceptors (Lipinski definition) is 2. The molecule has 3 rings (SSSR count). The van der Waals surface area contributed by atoms with Gasteiger partial charge in [0.2, 0.25) is 0 Å². The topological polar surface area (TPSA) is 40.1 Å². The molecule has 0 spiro atoms. The number of fused-ring (bicyclic) bond motifs is 3. The van der Waals surface area contributed by atoms with Gasteiger partial charge in [-0.25, -0.2) is 0 Å². The van der Waals surface area contributed by atoms with Crippen molar-refractivity contribution in [2.45, 2.75) is 26.2 Å². The van der Waals surface area contributed by atoms with Crippen LogP contribution in [0.2, 0.25) is 0 Å². The van der Waals surface area contributed by atoms with Crippen LogP contribution in [0.25, 0.3) is 21.9 Å². The molecule has 0 saturated carbocycles. The van der Waals surface area contributed by atoms with Crippen molar-refractivity contribution in [1.29, 1.82) is 0 Å². The van der Waals surface area contributed by atoms with Crippen LogP contribution in [0.15, 0.2) is 40.9 Å². The molecule has 0 unspecified atom stereocenters. The van der Waals surface area contributed by atoms with Crippen LogP contribution in [0.4, 0.5) is 0 Å². The minimum Gasteiger partial charge on any atom is -0.616 e. The van der Waals surface area contributed by atoms with Crippen molar-refractivity contribution in [3.05, 3.63) is 47.5 Å². The Kier molecular flexibility index (Phi) is 2.67. The Balaban J connectivity index is 2.24. The lowest BCUT2D eigenvalue weighted by atomic mass is 10.1. The van der Waals surface area contributed by atoms with Crippen LogP contribution in [0, 0.1) is 5.21 Å². The number of benzene rings is 1. The largest absolute Gasteiger partial charge is 0.616 e. The Labute approximate surface area is 105 Å².